The van der Waals surface area contributed by atoms with E-state index in [4.69, 9.17) is 10.5 Å². The molecule has 3 aromatic carbocycles. The van der Waals surface area contributed by atoms with E-state index in [0.717, 1.165) is 22.0 Å². The number of nitrogens with two attached hydrogens (primary N) is 1. The van der Waals surface area contributed by atoms with Crippen molar-refractivity contribution in [2.24, 2.45) is 5.73 Å². The number of phenols is 1. The maximum Gasteiger partial charge on any atom is 0.229 e. The highest BCUT2D eigenvalue weighted by atomic mass is 16.5. The fourth-order valence-corrected chi connectivity index (χ4v) is 4.13. The van der Waals surface area contributed by atoms with Crippen LogP contribution in [0.5, 0.6) is 11.6 Å². The normalized spacial score (nSPS) is 15.5. The topological polar surface area (TPSA) is 97.1 Å². The van der Waals surface area contributed by atoms with E-state index in [1.807, 2.05) is 67.6 Å². The number of benzene rings is 3. The predicted molar refractivity (Wildman–Crippen MR) is 113 cm³/mol. The number of hydrogen-bond donors (Lipinski definition) is 2. The van der Waals surface area contributed by atoms with Crippen LogP contribution >= 0.6 is 0 Å². The molecule has 5 rings (SSSR count). The Morgan fingerprint density at radius 1 is 1.03 bits per heavy atom. The standard InChI is InChI=1S/C24H18N4O2/c1-14-20-22(21-17-10-6-5-7-15(17)11-12-19(21)29)18(13-25)23(26)30-24(20)28(27-14)16-8-3-2-4-9-16/h2-12,22,29H,26H2,1H3/t22-/m0/s1. The van der Waals surface area contributed by atoms with E-state index in [-0.39, 0.29) is 17.2 Å². The Morgan fingerprint density at radius 3 is 2.53 bits per heavy atom. The third kappa shape index (κ3) is 2.53. The summed E-state index contributed by atoms with van der Waals surface area (Å²) in [5.74, 6) is -0.0341. The van der Waals surface area contributed by atoms with Crippen molar-refractivity contribution in [1.29, 1.82) is 5.26 Å². The molecule has 0 spiro atoms. The van der Waals surface area contributed by atoms with E-state index < -0.39 is 5.92 Å². The second-order valence-electron chi connectivity index (χ2n) is 7.20. The minimum absolute atomic E-state index is 0.0133. The molecule has 1 aliphatic heterocycles. The second-order valence-corrected chi connectivity index (χ2v) is 7.20. The molecule has 1 aromatic heterocycles. The highest BCUT2D eigenvalue weighted by Gasteiger charge is 2.38. The second kappa shape index (κ2) is 6.68. The number of allylic oxidation sites excluding steroid dienone is 1. The zero-order valence-corrected chi connectivity index (χ0v) is 16.2. The predicted octanol–water partition coefficient (Wildman–Crippen LogP) is 4.26. The summed E-state index contributed by atoms with van der Waals surface area (Å²) in [5, 5.41) is 27.3. The van der Waals surface area contributed by atoms with Gasteiger partial charge < -0.3 is 15.6 Å². The molecule has 0 saturated carbocycles. The summed E-state index contributed by atoms with van der Waals surface area (Å²) in [7, 11) is 0. The summed E-state index contributed by atoms with van der Waals surface area (Å²) in [6, 6.07) is 23.0. The average Bonchev–Trinajstić information content (AvgIpc) is 3.09. The van der Waals surface area contributed by atoms with Gasteiger partial charge in [0, 0.05) is 5.56 Å². The third-order valence-electron chi connectivity index (χ3n) is 5.47. The van der Waals surface area contributed by atoms with E-state index in [9.17, 15) is 10.4 Å². The van der Waals surface area contributed by atoms with Crippen LogP contribution in [0.1, 0.15) is 22.7 Å². The quantitative estimate of drug-likeness (QED) is 0.529. The van der Waals surface area contributed by atoms with Crippen LogP contribution in [-0.4, -0.2) is 14.9 Å². The zero-order valence-electron chi connectivity index (χ0n) is 16.2. The van der Waals surface area contributed by atoms with Gasteiger partial charge in [0.2, 0.25) is 11.8 Å². The van der Waals surface area contributed by atoms with Gasteiger partial charge in [0.15, 0.2) is 0 Å². The van der Waals surface area contributed by atoms with Gasteiger partial charge in [-0.1, -0.05) is 48.5 Å². The SMILES string of the molecule is Cc1nn(-c2ccccc2)c2c1[C@@H](c1c(O)ccc3ccccc13)C(C#N)=C(N)O2. The van der Waals surface area contributed by atoms with Crippen LogP contribution in [-0.2, 0) is 0 Å². The van der Waals surface area contributed by atoms with Crippen LogP contribution in [0.3, 0.4) is 0 Å². The summed E-state index contributed by atoms with van der Waals surface area (Å²) >= 11 is 0. The van der Waals surface area contributed by atoms with E-state index >= 15 is 0 Å². The first-order valence-electron chi connectivity index (χ1n) is 9.53. The third-order valence-corrected chi connectivity index (χ3v) is 5.47. The Morgan fingerprint density at radius 2 is 1.77 bits per heavy atom. The minimum Gasteiger partial charge on any atom is -0.508 e. The number of nitriles is 1. The highest BCUT2D eigenvalue weighted by molar-refractivity contribution is 5.89. The number of nitrogens with zero attached hydrogens (tertiary/aromatic N) is 3. The maximum absolute atomic E-state index is 10.9. The van der Waals surface area contributed by atoms with Crippen molar-refractivity contribution in [2.75, 3.05) is 0 Å². The fraction of sp³-hybridized carbons (Fsp3) is 0.0833. The van der Waals surface area contributed by atoms with Crippen molar-refractivity contribution < 1.29 is 9.84 Å². The average molecular weight is 394 g/mol. The van der Waals surface area contributed by atoms with Gasteiger partial charge in [-0.15, -0.1) is 0 Å². The lowest BCUT2D eigenvalue weighted by Gasteiger charge is -2.26. The fourth-order valence-electron chi connectivity index (χ4n) is 4.13. The number of aryl methyl sites for hydroxylation is 1. The number of fused-ring (bicyclic) bond motifs is 2. The molecule has 6 heteroatoms. The van der Waals surface area contributed by atoms with Crippen molar-refractivity contribution in [2.45, 2.75) is 12.8 Å². The molecule has 0 bridgehead atoms. The van der Waals surface area contributed by atoms with Gasteiger partial charge in [0.25, 0.3) is 0 Å². The first kappa shape index (κ1) is 17.8. The van der Waals surface area contributed by atoms with Gasteiger partial charge in [-0.25, -0.2) is 4.68 Å². The number of ether oxygens (including phenoxy) is 1. The largest absolute Gasteiger partial charge is 0.508 e. The molecule has 4 aromatic rings. The number of phenolic OH excluding ortho intramolecular Hbond substituents is 1. The van der Waals surface area contributed by atoms with E-state index in [2.05, 4.69) is 11.2 Å². The summed E-state index contributed by atoms with van der Waals surface area (Å²) in [6.07, 6.45) is 0. The number of aromatic hydroxyl groups is 1. The summed E-state index contributed by atoms with van der Waals surface area (Å²) in [4.78, 5) is 0. The first-order valence-corrected chi connectivity index (χ1v) is 9.53. The smallest absolute Gasteiger partial charge is 0.229 e. The summed E-state index contributed by atoms with van der Waals surface area (Å²) < 4.78 is 7.58. The van der Waals surface area contributed by atoms with Gasteiger partial charge in [-0.2, -0.15) is 10.4 Å². The van der Waals surface area contributed by atoms with Crippen molar-refractivity contribution in [3.8, 4) is 23.4 Å². The molecule has 0 amide bonds. The first-order chi connectivity index (χ1) is 14.6. The number of hydrogen-bond acceptors (Lipinski definition) is 5. The van der Waals surface area contributed by atoms with Crippen molar-refractivity contribution >= 4 is 10.8 Å². The molecule has 0 unspecified atom stereocenters. The van der Waals surface area contributed by atoms with Crippen LogP contribution in [0.15, 0.2) is 78.2 Å². The summed E-state index contributed by atoms with van der Waals surface area (Å²) in [5.41, 5.74) is 9.30. The Kier molecular flexibility index (Phi) is 3.97. The van der Waals surface area contributed by atoms with Crippen molar-refractivity contribution in [3.63, 3.8) is 0 Å². The molecule has 6 nitrogen and oxygen atoms in total. The molecular formula is C24H18N4O2. The Balaban J connectivity index is 1.84. The molecule has 30 heavy (non-hydrogen) atoms. The molecule has 2 heterocycles. The Hall–Kier alpha value is -4.24. The highest BCUT2D eigenvalue weighted by Crippen LogP contribution is 2.48. The molecule has 1 atom stereocenters. The van der Waals surface area contributed by atoms with Crippen LogP contribution in [0.4, 0.5) is 0 Å². The molecule has 0 radical (unpaired) electrons. The maximum atomic E-state index is 10.9. The van der Waals surface area contributed by atoms with Gasteiger partial charge in [0.1, 0.15) is 17.4 Å². The van der Waals surface area contributed by atoms with Crippen LogP contribution in [0, 0.1) is 18.3 Å². The van der Waals surface area contributed by atoms with Gasteiger partial charge in [0.05, 0.1) is 22.9 Å². The molecule has 146 valence electrons. The number of para-hydroxylation sites is 1. The Bertz CT molecular complexity index is 1360. The van der Waals surface area contributed by atoms with Crippen LogP contribution in [0.25, 0.3) is 16.5 Å². The van der Waals surface area contributed by atoms with Crippen molar-refractivity contribution in [3.05, 3.63) is 95.0 Å². The molecule has 1 aliphatic rings. The Labute approximate surface area is 173 Å². The van der Waals surface area contributed by atoms with Crippen molar-refractivity contribution in [1.82, 2.24) is 9.78 Å². The molecule has 0 fully saturated rings. The molecule has 0 aliphatic carbocycles. The van der Waals surface area contributed by atoms with E-state index in [1.165, 1.54) is 0 Å². The van der Waals surface area contributed by atoms with Gasteiger partial charge in [-0.3, -0.25) is 0 Å². The zero-order chi connectivity index (χ0) is 20.8. The van der Waals surface area contributed by atoms with E-state index in [1.54, 1.807) is 10.7 Å². The molecular weight excluding hydrogens is 376 g/mol. The van der Waals surface area contributed by atoms with Crippen LogP contribution in [0.2, 0.25) is 0 Å². The molecule has 3 N–H and O–H groups in total. The lowest BCUT2D eigenvalue weighted by atomic mass is 9.81. The van der Waals surface area contributed by atoms with Crippen LogP contribution < -0.4 is 10.5 Å². The lowest BCUT2D eigenvalue weighted by molar-refractivity contribution is 0.366. The summed E-state index contributed by atoms with van der Waals surface area (Å²) in [6.45, 7) is 1.87. The molecule has 0 saturated heterocycles. The minimum atomic E-state index is -0.595. The lowest BCUT2D eigenvalue weighted by Crippen LogP contribution is -2.22. The monoisotopic (exact) mass is 394 g/mol. The van der Waals surface area contributed by atoms with E-state index in [0.29, 0.717) is 17.1 Å². The van der Waals surface area contributed by atoms with Gasteiger partial charge >= 0.3 is 0 Å². The van der Waals surface area contributed by atoms with Gasteiger partial charge in [-0.05, 0) is 35.9 Å². The number of rotatable bonds is 2. The number of aromatic nitrogens is 2.